The minimum atomic E-state index is -1.35. The van der Waals surface area contributed by atoms with Crippen LogP contribution in [0.2, 0.25) is 10.0 Å². The smallest absolute Gasteiger partial charge is 0.405 e. The third kappa shape index (κ3) is 5.19. The number of hydrogen-bond donors (Lipinski definition) is 1. The van der Waals surface area contributed by atoms with Crippen LogP contribution in [0, 0.1) is 24.2 Å². The molecule has 1 aliphatic carbocycles. The fourth-order valence-electron chi connectivity index (χ4n) is 5.99. The third-order valence-corrected chi connectivity index (χ3v) is 9.52. The van der Waals surface area contributed by atoms with Gasteiger partial charge < -0.3 is 15.0 Å². The molecule has 40 heavy (non-hydrogen) atoms. The number of benzene rings is 1. The van der Waals surface area contributed by atoms with Gasteiger partial charge in [-0.15, -0.1) is 0 Å². The van der Waals surface area contributed by atoms with Gasteiger partial charge in [-0.25, -0.2) is 9.78 Å². The summed E-state index contributed by atoms with van der Waals surface area (Å²) < 4.78 is 19.9. The molecule has 3 aliphatic rings. The van der Waals surface area contributed by atoms with Gasteiger partial charge in [-0.05, 0) is 62.4 Å². The van der Waals surface area contributed by atoms with Crippen molar-refractivity contribution in [3.63, 3.8) is 0 Å². The molecular formula is C29H33Cl2FN4O4. The van der Waals surface area contributed by atoms with Gasteiger partial charge in [0.15, 0.2) is 11.5 Å². The number of nitrogens with zero attached hydrogens (tertiary/aromatic N) is 3. The molecule has 2 aliphatic heterocycles. The van der Waals surface area contributed by atoms with E-state index in [0.717, 1.165) is 18.4 Å². The number of pyridine rings is 1. The number of hydrogen-bond acceptors (Lipinski definition) is 6. The highest BCUT2D eigenvalue weighted by molar-refractivity contribution is 6.42. The number of halogens is 3. The fourth-order valence-corrected chi connectivity index (χ4v) is 6.30. The molecule has 0 radical (unpaired) electrons. The molecule has 5 rings (SSSR count). The monoisotopic (exact) mass is 590 g/mol. The minimum Gasteiger partial charge on any atom is -0.405 e. The van der Waals surface area contributed by atoms with Crippen molar-refractivity contribution in [3.8, 4) is 5.75 Å². The summed E-state index contributed by atoms with van der Waals surface area (Å²) in [6, 6.07) is 8.06. The number of likely N-dealkylation sites (N-methyl/N-ethyl adjacent to an activating group) is 1. The number of likely N-dealkylation sites (tertiary alicyclic amines) is 1. The molecule has 1 N–H and O–H groups in total. The Labute approximate surface area is 243 Å². The fraction of sp³-hybridized carbons (Fsp3) is 0.517. The zero-order valence-corrected chi connectivity index (χ0v) is 24.3. The van der Waals surface area contributed by atoms with Gasteiger partial charge in [-0.1, -0.05) is 36.2 Å². The zero-order valence-electron chi connectivity index (χ0n) is 22.8. The van der Waals surface area contributed by atoms with Gasteiger partial charge in [-0.3, -0.25) is 14.5 Å². The van der Waals surface area contributed by atoms with Crippen molar-refractivity contribution in [3.05, 3.63) is 57.6 Å². The van der Waals surface area contributed by atoms with E-state index in [1.807, 2.05) is 11.8 Å². The van der Waals surface area contributed by atoms with E-state index >= 15 is 0 Å². The lowest BCUT2D eigenvalue weighted by Crippen LogP contribution is -2.62. The Morgan fingerprint density at radius 1 is 1.12 bits per heavy atom. The Hall–Kier alpha value is -2.75. The molecule has 0 unspecified atom stereocenters. The predicted octanol–water partition coefficient (Wildman–Crippen LogP) is 5.00. The molecule has 3 fully saturated rings. The van der Waals surface area contributed by atoms with Crippen molar-refractivity contribution >= 4 is 41.0 Å². The second-order valence-corrected chi connectivity index (χ2v) is 12.3. The van der Waals surface area contributed by atoms with E-state index in [1.165, 1.54) is 18.0 Å². The van der Waals surface area contributed by atoms with E-state index in [1.54, 1.807) is 31.2 Å². The van der Waals surface area contributed by atoms with Gasteiger partial charge in [0.25, 0.3) is 5.95 Å². The summed E-state index contributed by atoms with van der Waals surface area (Å²) in [6.45, 7) is 5.16. The summed E-state index contributed by atoms with van der Waals surface area (Å²) in [7, 11) is 1.50. The quantitative estimate of drug-likeness (QED) is 0.476. The third-order valence-electron chi connectivity index (χ3n) is 8.78. The van der Waals surface area contributed by atoms with E-state index in [9.17, 15) is 18.8 Å². The normalized spacial score (nSPS) is 24.1. The summed E-state index contributed by atoms with van der Waals surface area (Å²) in [5.74, 6) is -2.05. The van der Waals surface area contributed by atoms with Crippen LogP contribution >= 0.6 is 23.2 Å². The largest absolute Gasteiger partial charge is 0.416 e. The summed E-state index contributed by atoms with van der Waals surface area (Å²) in [6.07, 6.45) is 1.91. The Balaban J connectivity index is 1.45. The van der Waals surface area contributed by atoms with Crippen LogP contribution < -0.4 is 10.1 Å². The van der Waals surface area contributed by atoms with Crippen LogP contribution in [0.25, 0.3) is 0 Å². The number of carbonyl (C=O) groups is 3. The number of piperidine rings is 1. The summed E-state index contributed by atoms with van der Waals surface area (Å²) in [5, 5.41) is 4.01. The molecule has 2 saturated heterocycles. The molecule has 0 spiro atoms. The van der Waals surface area contributed by atoms with Crippen LogP contribution in [0.15, 0.2) is 30.3 Å². The van der Waals surface area contributed by atoms with Crippen LogP contribution in [0.4, 0.5) is 9.18 Å². The highest BCUT2D eigenvalue weighted by Crippen LogP contribution is 2.47. The average Bonchev–Trinajstić information content (AvgIpc) is 3.54. The molecule has 3 heterocycles. The topological polar surface area (TPSA) is 91.8 Å². The molecule has 1 aromatic carbocycles. The second kappa shape index (κ2) is 10.9. The Morgan fingerprint density at radius 3 is 2.45 bits per heavy atom. The summed E-state index contributed by atoms with van der Waals surface area (Å²) in [5.41, 5.74) is -0.430. The van der Waals surface area contributed by atoms with E-state index < -0.39 is 23.5 Å². The molecule has 11 heteroatoms. The maximum absolute atomic E-state index is 14.5. The minimum absolute atomic E-state index is 0.125. The second-order valence-electron chi connectivity index (χ2n) is 11.4. The lowest BCUT2D eigenvalue weighted by Gasteiger charge is -2.44. The summed E-state index contributed by atoms with van der Waals surface area (Å²) >= 11 is 12.5. The first kappa shape index (κ1) is 28.8. The molecule has 0 bridgehead atoms. The van der Waals surface area contributed by atoms with Gasteiger partial charge in [0, 0.05) is 56.2 Å². The molecule has 1 aromatic heterocycles. The average molecular weight is 592 g/mol. The van der Waals surface area contributed by atoms with E-state index in [4.69, 9.17) is 27.9 Å². The van der Waals surface area contributed by atoms with Gasteiger partial charge >= 0.3 is 6.09 Å². The van der Waals surface area contributed by atoms with Crippen LogP contribution in [0.5, 0.6) is 5.75 Å². The van der Waals surface area contributed by atoms with Crippen LogP contribution in [0.1, 0.15) is 49.8 Å². The first-order valence-electron chi connectivity index (χ1n) is 13.5. The van der Waals surface area contributed by atoms with E-state index in [0.29, 0.717) is 48.2 Å². The number of ether oxygens (including phenoxy) is 1. The van der Waals surface area contributed by atoms with Gasteiger partial charge in [0.2, 0.25) is 5.91 Å². The number of Topliss-reactive ketones (excluding diaryl/α,β-unsaturated/α-hetero) is 1. The molecule has 214 valence electrons. The first-order valence-corrected chi connectivity index (χ1v) is 14.3. The number of nitrogens with one attached hydrogen (secondary N) is 1. The first-order chi connectivity index (χ1) is 19.0. The van der Waals surface area contributed by atoms with Gasteiger partial charge in [0.05, 0.1) is 10.0 Å². The SMILES string of the molecule is Cc1ccc(OC(=O)N(C)[C@]2(C(=O)C3CCN(C(=O)C4(C)CC4)CC3)CNC[C@H]2c2ccc(Cl)c(Cl)c2)c(F)n1. The summed E-state index contributed by atoms with van der Waals surface area (Å²) in [4.78, 5) is 47.8. The number of aromatic nitrogens is 1. The number of carbonyl (C=O) groups excluding carboxylic acids is 3. The van der Waals surface area contributed by atoms with Crippen LogP contribution in [-0.4, -0.2) is 71.3 Å². The molecule has 2 atom stereocenters. The number of aryl methyl sites for hydroxylation is 1. The molecular weight excluding hydrogens is 558 g/mol. The zero-order chi connectivity index (χ0) is 28.8. The van der Waals surface area contributed by atoms with Crippen molar-refractivity contribution in [1.82, 2.24) is 20.1 Å². The molecule has 8 nitrogen and oxygen atoms in total. The van der Waals surface area contributed by atoms with Crippen molar-refractivity contribution in [2.24, 2.45) is 11.3 Å². The van der Waals surface area contributed by atoms with Crippen molar-refractivity contribution in [2.75, 3.05) is 33.2 Å². The Kier molecular flexibility index (Phi) is 7.85. The standard InChI is InChI=1S/C29H33Cl2FN4O4/c1-17-4-7-23(25(32)34-17)40-27(39)35(3)29(16-33-15-20(29)19-5-6-21(30)22(31)14-19)24(37)18-8-12-36(13-9-18)26(38)28(2)10-11-28/h4-7,14,18,20,33H,8-13,15-16H2,1-3H3/t20-,29+/m0/s1. The van der Waals surface area contributed by atoms with Gasteiger partial charge in [-0.2, -0.15) is 4.39 Å². The highest BCUT2D eigenvalue weighted by Gasteiger charge is 2.57. The van der Waals surface area contributed by atoms with E-state index in [2.05, 4.69) is 10.3 Å². The highest BCUT2D eigenvalue weighted by atomic mass is 35.5. The number of ketones is 1. The van der Waals surface area contributed by atoms with Crippen LogP contribution in [0.3, 0.4) is 0 Å². The van der Waals surface area contributed by atoms with Crippen molar-refractivity contribution in [1.29, 1.82) is 0 Å². The van der Waals surface area contributed by atoms with Crippen molar-refractivity contribution < 1.29 is 23.5 Å². The number of rotatable bonds is 6. The Bertz CT molecular complexity index is 1350. The molecule has 2 aromatic rings. The molecule has 1 saturated carbocycles. The van der Waals surface area contributed by atoms with Crippen LogP contribution in [-0.2, 0) is 9.59 Å². The Morgan fingerprint density at radius 2 is 1.82 bits per heavy atom. The molecule has 2 amide bonds. The number of amides is 2. The maximum Gasteiger partial charge on any atom is 0.416 e. The maximum atomic E-state index is 14.5. The van der Waals surface area contributed by atoms with E-state index in [-0.39, 0.29) is 35.3 Å². The lowest BCUT2D eigenvalue weighted by atomic mass is 9.72. The van der Waals surface area contributed by atoms with Gasteiger partial charge in [0.1, 0.15) is 5.54 Å². The van der Waals surface area contributed by atoms with Crippen molar-refractivity contribution in [2.45, 2.75) is 51.0 Å². The lowest BCUT2D eigenvalue weighted by molar-refractivity contribution is -0.142. The predicted molar refractivity (Wildman–Crippen MR) is 149 cm³/mol.